The maximum absolute atomic E-state index is 13.6. The van der Waals surface area contributed by atoms with Crippen LogP contribution in [0.25, 0.3) is 0 Å². The first-order valence-electron chi connectivity index (χ1n) is 11.2. The van der Waals surface area contributed by atoms with Crippen molar-refractivity contribution >= 4 is 11.8 Å². The molecule has 2 bridgehead atoms. The van der Waals surface area contributed by atoms with Gasteiger partial charge in [0.2, 0.25) is 11.8 Å². The van der Waals surface area contributed by atoms with Crippen molar-refractivity contribution in [2.75, 3.05) is 6.54 Å². The zero-order valence-corrected chi connectivity index (χ0v) is 16.8. The van der Waals surface area contributed by atoms with Crippen LogP contribution in [0.1, 0.15) is 49.7 Å². The van der Waals surface area contributed by atoms with Crippen molar-refractivity contribution in [3.63, 3.8) is 0 Å². The number of amides is 2. The minimum atomic E-state index is -0.582. The summed E-state index contributed by atoms with van der Waals surface area (Å²) < 4.78 is 6.36. The van der Waals surface area contributed by atoms with Crippen LogP contribution in [0, 0.1) is 11.8 Å². The summed E-state index contributed by atoms with van der Waals surface area (Å²) in [5.41, 5.74) is 1.85. The molecule has 4 atom stereocenters. The quantitative estimate of drug-likeness (QED) is 0.574. The van der Waals surface area contributed by atoms with Gasteiger partial charge in [-0.25, -0.2) is 0 Å². The summed E-state index contributed by atoms with van der Waals surface area (Å²) in [5, 5.41) is 0. The van der Waals surface area contributed by atoms with Gasteiger partial charge in [0, 0.05) is 19.1 Å². The van der Waals surface area contributed by atoms with Crippen LogP contribution in [0.3, 0.4) is 0 Å². The predicted octanol–water partition coefficient (Wildman–Crippen LogP) is 3.03. The van der Waals surface area contributed by atoms with Crippen LogP contribution in [-0.2, 0) is 27.4 Å². The molecule has 5 nitrogen and oxygen atoms in total. The van der Waals surface area contributed by atoms with Crippen molar-refractivity contribution in [3.8, 4) is 0 Å². The van der Waals surface area contributed by atoms with Gasteiger partial charge in [-0.3, -0.25) is 9.59 Å². The number of carbonyl (C=O) groups is 2. The highest BCUT2D eigenvalue weighted by atomic mass is 16.5. The number of ether oxygens (including phenoxy) is 1. The molecule has 1 aliphatic carbocycles. The Hall–Kier alpha value is -2.14. The number of benzene rings is 1. The molecule has 1 saturated carbocycles. The summed E-state index contributed by atoms with van der Waals surface area (Å²) in [6, 6.07) is 8.55. The number of hydrogen-bond donors (Lipinski definition) is 0. The topological polar surface area (TPSA) is 49.9 Å². The van der Waals surface area contributed by atoms with E-state index in [9.17, 15) is 9.59 Å². The molecule has 29 heavy (non-hydrogen) atoms. The number of nitrogens with zero attached hydrogens (tertiary/aromatic N) is 2. The summed E-state index contributed by atoms with van der Waals surface area (Å²) in [6.45, 7) is 1.91. The van der Waals surface area contributed by atoms with E-state index in [4.69, 9.17) is 4.74 Å². The number of rotatable bonds is 2. The van der Waals surface area contributed by atoms with Gasteiger partial charge in [-0.2, -0.15) is 0 Å². The Labute approximate surface area is 171 Å². The molecule has 1 spiro atoms. The molecule has 1 aromatic carbocycles. The molecule has 2 saturated heterocycles. The molecule has 4 heterocycles. The Bertz CT molecular complexity index is 863. The first-order chi connectivity index (χ1) is 14.2. The minimum absolute atomic E-state index is 0.0819. The normalized spacial score (nSPS) is 35.9. The molecule has 6 rings (SSSR count). The van der Waals surface area contributed by atoms with Gasteiger partial charge in [-0.05, 0) is 24.0 Å². The third-order valence-electron chi connectivity index (χ3n) is 7.83. The highest BCUT2D eigenvalue weighted by Gasteiger charge is 2.67. The molecule has 152 valence electrons. The van der Waals surface area contributed by atoms with Crippen molar-refractivity contribution in [2.24, 2.45) is 11.8 Å². The summed E-state index contributed by atoms with van der Waals surface area (Å²) in [6.07, 6.45) is 11.0. The Morgan fingerprint density at radius 1 is 1.03 bits per heavy atom. The van der Waals surface area contributed by atoms with Gasteiger partial charge in [0.1, 0.15) is 5.60 Å². The Kier molecular flexibility index (Phi) is 3.92. The average molecular weight is 392 g/mol. The summed E-state index contributed by atoms with van der Waals surface area (Å²) in [5.74, 6) is -0.494. The first kappa shape index (κ1) is 17.7. The van der Waals surface area contributed by atoms with E-state index in [-0.39, 0.29) is 29.8 Å². The standard InChI is InChI=1S/C24H28N2O3/c27-22(25-13-16-7-5-6-8-17(16)14-25)20-19-11-12-24(29-19)15-26(23(28)21(20)24)18-9-3-1-2-4-10-18/h5-8,11-12,18-21H,1-4,9-10,13-15H2/t19-,20+,21+,24-/m0/s1. The maximum atomic E-state index is 13.6. The van der Waals surface area contributed by atoms with Gasteiger partial charge in [0.05, 0.1) is 24.5 Å². The minimum Gasteiger partial charge on any atom is -0.360 e. The predicted molar refractivity (Wildman–Crippen MR) is 108 cm³/mol. The molecule has 0 radical (unpaired) electrons. The van der Waals surface area contributed by atoms with Gasteiger partial charge in [0.25, 0.3) is 0 Å². The van der Waals surface area contributed by atoms with Crippen LogP contribution in [0.4, 0.5) is 0 Å². The molecule has 5 heteroatoms. The zero-order valence-electron chi connectivity index (χ0n) is 16.8. The molecular weight excluding hydrogens is 364 g/mol. The van der Waals surface area contributed by atoms with E-state index in [0.717, 1.165) is 12.8 Å². The van der Waals surface area contributed by atoms with E-state index in [1.54, 1.807) is 0 Å². The third-order valence-corrected chi connectivity index (χ3v) is 7.83. The third kappa shape index (κ3) is 2.56. The summed E-state index contributed by atoms with van der Waals surface area (Å²) in [4.78, 5) is 31.1. The molecule has 5 aliphatic rings. The molecular formula is C24H28N2O3. The monoisotopic (exact) mass is 392 g/mol. The smallest absolute Gasteiger partial charge is 0.230 e. The van der Waals surface area contributed by atoms with Gasteiger partial charge in [-0.15, -0.1) is 0 Å². The number of hydrogen-bond acceptors (Lipinski definition) is 3. The van der Waals surface area contributed by atoms with Crippen molar-refractivity contribution < 1.29 is 14.3 Å². The van der Waals surface area contributed by atoms with Crippen LogP contribution >= 0.6 is 0 Å². The van der Waals surface area contributed by atoms with E-state index in [1.165, 1.54) is 36.8 Å². The fourth-order valence-corrected chi connectivity index (χ4v) is 6.39. The molecule has 1 aromatic rings. The van der Waals surface area contributed by atoms with Crippen molar-refractivity contribution in [2.45, 2.75) is 69.4 Å². The van der Waals surface area contributed by atoms with Gasteiger partial charge in [-0.1, -0.05) is 62.1 Å². The number of fused-ring (bicyclic) bond motifs is 2. The SMILES string of the molecule is O=C([C@@H]1[C@@H]2C=C[C@@]3(CN(C4CCCCCC4)C(=O)[C@@H]13)O2)N1Cc2ccccc2C1. The zero-order chi connectivity index (χ0) is 19.6. The lowest BCUT2D eigenvalue weighted by molar-refractivity contribution is -0.144. The Morgan fingerprint density at radius 2 is 1.72 bits per heavy atom. The lowest BCUT2D eigenvalue weighted by atomic mass is 9.76. The van der Waals surface area contributed by atoms with Gasteiger partial charge >= 0.3 is 0 Å². The van der Waals surface area contributed by atoms with E-state index in [2.05, 4.69) is 23.1 Å². The van der Waals surface area contributed by atoms with Gasteiger partial charge < -0.3 is 14.5 Å². The lowest BCUT2D eigenvalue weighted by Gasteiger charge is -2.30. The van der Waals surface area contributed by atoms with Gasteiger partial charge in [0.15, 0.2) is 0 Å². The van der Waals surface area contributed by atoms with Crippen LogP contribution in [0.2, 0.25) is 0 Å². The highest BCUT2D eigenvalue weighted by Crippen LogP contribution is 2.53. The average Bonchev–Trinajstić information content (AvgIpc) is 3.43. The highest BCUT2D eigenvalue weighted by molar-refractivity contribution is 5.93. The molecule has 2 amide bonds. The second-order valence-corrected chi connectivity index (χ2v) is 9.47. The van der Waals surface area contributed by atoms with E-state index >= 15 is 0 Å². The molecule has 0 N–H and O–H groups in total. The molecule has 4 aliphatic heterocycles. The number of likely N-dealkylation sites (tertiary alicyclic amines) is 1. The van der Waals surface area contributed by atoms with E-state index < -0.39 is 5.60 Å². The van der Waals surface area contributed by atoms with Crippen LogP contribution in [0.15, 0.2) is 36.4 Å². The Balaban J connectivity index is 1.26. The fraction of sp³-hybridized carbons (Fsp3) is 0.583. The second kappa shape index (κ2) is 6.43. The largest absolute Gasteiger partial charge is 0.360 e. The molecule has 3 fully saturated rings. The van der Waals surface area contributed by atoms with Crippen LogP contribution in [0.5, 0.6) is 0 Å². The summed E-state index contributed by atoms with van der Waals surface area (Å²) >= 11 is 0. The van der Waals surface area contributed by atoms with Crippen molar-refractivity contribution in [3.05, 3.63) is 47.5 Å². The second-order valence-electron chi connectivity index (χ2n) is 9.47. The summed E-state index contributed by atoms with van der Waals surface area (Å²) in [7, 11) is 0. The van der Waals surface area contributed by atoms with Crippen molar-refractivity contribution in [1.29, 1.82) is 0 Å². The lowest BCUT2D eigenvalue weighted by Crippen LogP contribution is -2.45. The van der Waals surface area contributed by atoms with Crippen LogP contribution < -0.4 is 0 Å². The number of carbonyl (C=O) groups excluding carboxylic acids is 2. The molecule has 0 unspecified atom stereocenters. The fourth-order valence-electron chi connectivity index (χ4n) is 6.39. The Morgan fingerprint density at radius 3 is 2.41 bits per heavy atom. The van der Waals surface area contributed by atoms with E-state index in [0.29, 0.717) is 25.7 Å². The first-order valence-corrected chi connectivity index (χ1v) is 11.2. The van der Waals surface area contributed by atoms with E-state index in [1.807, 2.05) is 23.1 Å². The maximum Gasteiger partial charge on any atom is 0.230 e. The molecule has 0 aromatic heterocycles. The van der Waals surface area contributed by atoms with Crippen LogP contribution in [-0.4, -0.2) is 45.9 Å². The van der Waals surface area contributed by atoms with Crippen molar-refractivity contribution in [1.82, 2.24) is 9.80 Å².